The standard InChI is InChI=1S/C16H19N3O3/c1-12(18-16(20)11-19-7-2-6-17-19)13-4-5-14-15(10-13)22-9-3-8-21-14/h2,4-7,10,12H,3,8-9,11H2,1H3,(H,18,20)/t12-/m0/s1. The van der Waals surface area contributed by atoms with E-state index in [0.717, 1.165) is 23.5 Å². The summed E-state index contributed by atoms with van der Waals surface area (Å²) in [6, 6.07) is 7.46. The number of rotatable bonds is 4. The smallest absolute Gasteiger partial charge is 0.242 e. The number of nitrogens with zero attached hydrogens (tertiary/aromatic N) is 2. The molecule has 0 bridgehead atoms. The van der Waals surface area contributed by atoms with E-state index in [0.29, 0.717) is 13.2 Å². The molecular weight excluding hydrogens is 282 g/mol. The van der Waals surface area contributed by atoms with Gasteiger partial charge in [0, 0.05) is 18.8 Å². The van der Waals surface area contributed by atoms with Crippen molar-refractivity contribution >= 4 is 5.91 Å². The normalized spacial score (nSPS) is 15.0. The lowest BCUT2D eigenvalue weighted by atomic mass is 10.1. The molecule has 2 heterocycles. The fourth-order valence-corrected chi connectivity index (χ4v) is 2.36. The maximum absolute atomic E-state index is 12.0. The number of hydrogen-bond donors (Lipinski definition) is 1. The fraction of sp³-hybridized carbons (Fsp3) is 0.375. The number of nitrogens with one attached hydrogen (secondary N) is 1. The van der Waals surface area contributed by atoms with Crippen molar-refractivity contribution in [1.29, 1.82) is 0 Å². The van der Waals surface area contributed by atoms with Gasteiger partial charge in [-0.15, -0.1) is 0 Å². The molecular formula is C16H19N3O3. The molecule has 0 saturated carbocycles. The van der Waals surface area contributed by atoms with Crippen LogP contribution in [0.5, 0.6) is 11.5 Å². The van der Waals surface area contributed by atoms with Gasteiger partial charge in [0.2, 0.25) is 5.91 Å². The molecule has 0 saturated heterocycles. The summed E-state index contributed by atoms with van der Waals surface area (Å²) in [5.74, 6) is 1.42. The molecule has 0 radical (unpaired) electrons. The van der Waals surface area contributed by atoms with Gasteiger partial charge in [0.1, 0.15) is 6.54 Å². The van der Waals surface area contributed by atoms with Crippen LogP contribution < -0.4 is 14.8 Å². The largest absolute Gasteiger partial charge is 0.490 e. The van der Waals surface area contributed by atoms with Gasteiger partial charge in [-0.05, 0) is 30.7 Å². The van der Waals surface area contributed by atoms with Crippen LogP contribution in [0.2, 0.25) is 0 Å². The minimum absolute atomic E-state index is 0.0803. The second kappa shape index (κ2) is 6.51. The van der Waals surface area contributed by atoms with Gasteiger partial charge >= 0.3 is 0 Å². The Bertz CT molecular complexity index is 640. The van der Waals surface area contributed by atoms with Gasteiger partial charge in [0.05, 0.1) is 19.3 Å². The molecule has 0 spiro atoms. The van der Waals surface area contributed by atoms with Crippen LogP contribution >= 0.6 is 0 Å². The van der Waals surface area contributed by atoms with Crippen LogP contribution in [0.15, 0.2) is 36.7 Å². The van der Waals surface area contributed by atoms with E-state index in [-0.39, 0.29) is 18.5 Å². The van der Waals surface area contributed by atoms with Crippen LogP contribution in [0.25, 0.3) is 0 Å². The first-order chi connectivity index (χ1) is 10.7. The summed E-state index contributed by atoms with van der Waals surface area (Å²) in [5, 5.41) is 6.98. The lowest BCUT2D eigenvalue weighted by Gasteiger charge is -2.16. The maximum atomic E-state index is 12.0. The van der Waals surface area contributed by atoms with E-state index in [2.05, 4.69) is 10.4 Å². The van der Waals surface area contributed by atoms with Crippen LogP contribution in [-0.2, 0) is 11.3 Å². The highest BCUT2D eigenvalue weighted by Gasteiger charge is 2.15. The van der Waals surface area contributed by atoms with E-state index >= 15 is 0 Å². The number of fused-ring (bicyclic) bond motifs is 1. The number of ether oxygens (including phenoxy) is 2. The number of carbonyl (C=O) groups is 1. The SMILES string of the molecule is C[C@H](NC(=O)Cn1cccn1)c1ccc2c(c1)OCCCO2. The Morgan fingerprint density at radius 2 is 2.18 bits per heavy atom. The molecule has 22 heavy (non-hydrogen) atoms. The number of hydrogen-bond acceptors (Lipinski definition) is 4. The molecule has 1 amide bonds. The van der Waals surface area contributed by atoms with E-state index in [9.17, 15) is 4.79 Å². The van der Waals surface area contributed by atoms with Crippen LogP contribution in [0.4, 0.5) is 0 Å². The first-order valence-electron chi connectivity index (χ1n) is 7.39. The van der Waals surface area contributed by atoms with Crippen molar-refractivity contribution in [3.63, 3.8) is 0 Å². The number of carbonyl (C=O) groups excluding carboxylic acids is 1. The third-order valence-electron chi connectivity index (χ3n) is 3.51. The Balaban J connectivity index is 1.65. The van der Waals surface area contributed by atoms with Gasteiger partial charge in [-0.3, -0.25) is 9.48 Å². The molecule has 1 atom stereocenters. The first kappa shape index (κ1) is 14.4. The van der Waals surface area contributed by atoms with Gasteiger partial charge in [0.15, 0.2) is 11.5 Å². The topological polar surface area (TPSA) is 65.4 Å². The Morgan fingerprint density at radius 1 is 1.36 bits per heavy atom. The summed E-state index contributed by atoms with van der Waals surface area (Å²) in [7, 11) is 0. The maximum Gasteiger partial charge on any atom is 0.242 e. The van der Waals surface area contributed by atoms with Gasteiger partial charge < -0.3 is 14.8 Å². The predicted octanol–water partition coefficient (Wildman–Crippen LogP) is 1.92. The molecule has 0 aliphatic carbocycles. The lowest BCUT2D eigenvalue weighted by Crippen LogP contribution is -2.30. The molecule has 2 aromatic rings. The van der Waals surface area contributed by atoms with Crippen molar-refractivity contribution in [3.05, 3.63) is 42.2 Å². The lowest BCUT2D eigenvalue weighted by molar-refractivity contribution is -0.122. The summed E-state index contributed by atoms with van der Waals surface area (Å²) < 4.78 is 12.9. The van der Waals surface area contributed by atoms with Crippen molar-refractivity contribution in [2.24, 2.45) is 0 Å². The number of aromatic nitrogens is 2. The van der Waals surface area contributed by atoms with Crippen LogP contribution in [0, 0.1) is 0 Å². The highest BCUT2D eigenvalue weighted by atomic mass is 16.5. The molecule has 6 nitrogen and oxygen atoms in total. The molecule has 1 aliphatic heterocycles. The van der Waals surface area contributed by atoms with Gasteiger partial charge in [-0.2, -0.15) is 5.10 Å². The molecule has 3 rings (SSSR count). The highest BCUT2D eigenvalue weighted by molar-refractivity contribution is 5.76. The number of benzene rings is 1. The monoisotopic (exact) mass is 301 g/mol. The molecule has 1 aromatic carbocycles. The second-order valence-electron chi connectivity index (χ2n) is 5.25. The average Bonchev–Trinajstić information content (AvgIpc) is 2.89. The summed E-state index contributed by atoms with van der Waals surface area (Å²) >= 11 is 0. The van der Waals surface area contributed by atoms with Crippen LogP contribution in [0.1, 0.15) is 24.9 Å². The third-order valence-corrected chi connectivity index (χ3v) is 3.51. The highest BCUT2D eigenvalue weighted by Crippen LogP contribution is 2.32. The quantitative estimate of drug-likeness (QED) is 0.937. The fourth-order valence-electron chi connectivity index (χ4n) is 2.36. The summed E-state index contributed by atoms with van der Waals surface area (Å²) in [6.45, 7) is 3.47. The Morgan fingerprint density at radius 3 is 2.95 bits per heavy atom. The first-order valence-corrected chi connectivity index (χ1v) is 7.39. The van der Waals surface area contributed by atoms with Crippen LogP contribution in [-0.4, -0.2) is 28.9 Å². The molecule has 116 valence electrons. The minimum Gasteiger partial charge on any atom is -0.490 e. The Kier molecular flexibility index (Phi) is 4.27. The van der Waals surface area contributed by atoms with E-state index in [1.807, 2.05) is 25.1 Å². The summed E-state index contributed by atoms with van der Waals surface area (Å²) in [5.41, 5.74) is 0.984. The minimum atomic E-state index is -0.111. The molecule has 0 fully saturated rings. The summed E-state index contributed by atoms with van der Waals surface area (Å²) in [6.07, 6.45) is 4.29. The molecule has 6 heteroatoms. The molecule has 1 aliphatic rings. The molecule has 0 unspecified atom stereocenters. The van der Waals surface area contributed by atoms with E-state index in [4.69, 9.17) is 9.47 Å². The van der Waals surface area contributed by atoms with E-state index in [1.54, 1.807) is 23.1 Å². The third kappa shape index (κ3) is 3.39. The predicted molar refractivity (Wildman–Crippen MR) is 80.8 cm³/mol. The zero-order valence-corrected chi connectivity index (χ0v) is 12.5. The van der Waals surface area contributed by atoms with Gasteiger partial charge in [-0.1, -0.05) is 6.07 Å². The molecule has 1 N–H and O–H groups in total. The zero-order valence-electron chi connectivity index (χ0n) is 12.5. The van der Waals surface area contributed by atoms with Crippen molar-refractivity contribution < 1.29 is 14.3 Å². The van der Waals surface area contributed by atoms with Gasteiger partial charge in [-0.25, -0.2) is 0 Å². The zero-order chi connectivity index (χ0) is 15.4. The second-order valence-corrected chi connectivity index (χ2v) is 5.25. The average molecular weight is 301 g/mol. The van der Waals surface area contributed by atoms with Gasteiger partial charge in [0.25, 0.3) is 0 Å². The van der Waals surface area contributed by atoms with Crippen molar-refractivity contribution in [1.82, 2.24) is 15.1 Å². The van der Waals surface area contributed by atoms with Crippen molar-refractivity contribution in [2.45, 2.75) is 25.9 Å². The Hall–Kier alpha value is -2.50. The van der Waals surface area contributed by atoms with E-state index in [1.165, 1.54) is 0 Å². The number of amides is 1. The van der Waals surface area contributed by atoms with Crippen LogP contribution in [0.3, 0.4) is 0 Å². The Labute approximate surface area is 129 Å². The van der Waals surface area contributed by atoms with E-state index < -0.39 is 0 Å². The van der Waals surface area contributed by atoms with Crippen molar-refractivity contribution in [2.75, 3.05) is 13.2 Å². The molecule has 1 aromatic heterocycles. The summed E-state index contributed by atoms with van der Waals surface area (Å²) in [4.78, 5) is 12.0. The van der Waals surface area contributed by atoms with Crippen molar-refractivity contribution in [3.8, 4) is 11.5 Å².